The Bertz CT molecular complexity index is 981. The Kier molecular flexibility index (Phi) is 8.00. The molecule has 0 aromatic heterocycles. The lowest BCUT2D eigenvalue weighted by Crippen LogP contribution is -2.37. The molecule has 0 radical (unpaired) electrons. The van der Waals surface area contributed by atoms with Crippen LogP contribution in [0.1, 0.15) is 10.4 Å². The number of nitrogens with zero attached hydrogens (tertiary/aromatic N) is 1. The summed E-state index contributed by atoms with van der Waals surface area (Å²) >= 11 is 5.94. The van der Waals surface area contributed by atoms with Gasteiger partial charge in [0.15, 0.2) is 0 Å². The molecule has 29 heavy (non-hydrogen) atoms. The second-order valence-electron chi connectivity index (χ2n) is 6.09. The number of hydrogen-bond donors (Lipinski definition) is 2. The zero-order valence-electron chi connectivity index (χ0n) is 16.0. The first-order valence-electron chi connectivity index (χ1n) is 8.61. The van der Waals surface area contributed by atoms with Crippen molar-refractivity contribution >= 4 is 44.8 Å². The lowest BCUT2D eigenvalue weighted by Gasteiger charge is -2.22. The van der Waals surface area contributed by atoms with E-state index in [1.807, 2.05) is 0 Å². The molecule has 2 N–H and O–H groups in total. The van der Waals surface area contributed by atoms with Gasteiger partial charge in [-0.25, -0.2) is 8.42 Å². The number of rotatable bonds is 9. The number of hydrogen-bond acceptors (Lipinski definition) is 5. The fourth-order valence-electron chi connectivity index (χ4n) is 2.50. The van der Waals surface area contributed by atoms with E-state index in [4.69, 9.17) is 16.3 Å². The molecule has 0 aliphatic rings. The summed E-state index contributed by atoms with van der Waals surface area (Å²) in [5.74, 6) is -0.986. The number of para-hydroxylation sites is 1. The molecule has 0 fully saturated rings. The van der Waals surface area contributed by atoms with Crippen LogP contribution in [-0.2, 0) is 19.6 Å². The van der Waals surface area contributed by atoms with Gasteiger partial charge in [0.2, 0.25) is 15.9 Å². The van der Waals surface area contributed by atoms with Crippen LogP contribution in [0, 0.1) is 0 Å². The van der Waals surface area contributed by atoms with E-state index in [0.717, 1.165) is 10.6 Å². The number of anilines is 2. The first-order valence-corrected chi connectivity index (χ1v) is 10.8. The summed E-state index contributed by atoms with van der Waals surface area (Å²) in [5, 5.41) is 5.62. The minimum atomic E-state index is -3.74. The topological polar surface area (TPSA) is 105 Å². The fourth-order valence-corrected chi connectivity index (χ4v) is 3.54. The number of carbonyl (C=O) groups is 2. The molecular formula is C19H22ClN3O5S. The molecule has 8 nitrogen and oxygen atoms in total. The molecule has 0 unspecified atom stereocenters. The minimum Gasteiger partial charge on any atom is -0.383 e. The molecule has 0 spiro atoms. The number of sulfonamides is 1. The van der Waals surface area contributed by atoms with Gasteiger partial charge in [-0.1, -0.05) is 29.8 Å². The van der Waals surface area contributed by atoms with Gasteiger partial charge >= 0.3 is 0 Å². The van der Waals surface area contributed by atoms with Gasteiger partial charge in [0.05, 0.1) is 29.8 Å². The number of carbonyl (C=O) groups excluding carboxylic acids is 2. The van der Waals surface area contributed by atoms with Gasteiger partial charge in [-0.3, -0.25) is 13.9 Å². The van der Waals surface area contributed by atoms with Gasteiger partial charge in [0.1, 0.15) is 6.54 Å². The number of ether oxygens (including phenoxy) is 1. The van der Waals surface area contributed by atoms with E-state index in [9.17, 15) is 18.0 Å². The highest BCUT2D eigenvalue weighted by Gasteiger charge is 2.22. The van der Waals surface area contributed by atoms with Crippen LogP contribution < -0.4 is 14.9 Å². The third kappa shape index (κ3) is 6.74. The molecular weight excluding hydrogens is 418 g/mol. The van der Waals surface area contributed by atoms with Crippen LogP contribution >= 0.6 is 11.6 Å². The van der Waals surface area contributed by atoms with E-state index in [1.54, 1.807) is 36.4 Å². The number of nitrogens with one attached hydrogen (secondary N) is 2. The Balaban J connectivity index is 2.18. The van der Waals surface area contributed by atoms with Crippen LogP contribution in [-0.4, -0.2) is 53.3 Å². The van der Waals surface area contributed by atoms with E-state index >= 15 is 0 Å². The molecule has 2 aromatic rings. The summed E-state index contributed by atoms with van der Waals surface area (Å²) < 4.78 is 30.2. The standard InChI is InChI=1S/C19H22ClN3O5S/c1-28-11-10-21-19(25)16-8-3-4-9-17(16)22-18(24)13-23(29(2,26)27)15-7-5-6-14(20)12-15/h3-9,12H,10-11,13H2,1-2H3,(H,21,25)(H,22,24). The highest BCUT2D eigenvalue weighted by atomic mass is 35.5. The van der Waals surface area contributed by atoms with Crippen LogP contribution in [0.4, 0.5) is 11.4 Å². The monoisotopic (exact) mass is 439 g/mol. The summed E-state index contributed by atoms with van der Waals surface area (Å²) in [6.45, 7) is 0.191. The Morgan fingerprint density at radius 1 is 1.14 bits per heavy atom. The van der Waals surface area contributed by atoms with Crippen molar-refractivity contribution in [2.24, 2.45) is 0 Å². The molecule has 156 valence electrons. The predicted octanol–water partition coefficient (Wildman–Crippen LogP) is 2.12. The van der Waals surface area contributed by atoms with Crippen molar-refractivity contribution < 1.29 is 22.7 Å². The smallest absolute Gasteiger partial charge is 0.253 e. The molecule has 2 rings (SSSR count). The lowest BCUT2D eigenvalue weighted by atomic mass is 10.1. The fraction of sp³-hybridized carbons (Fsp3) is 0.263. The van der Waals surface area contributed by atoms with E-state index in [-0.39, 0.29) is 22.8 Å². The average Bonchev–Trinajstić information content (AvgIpc) is 2.65. The van der Waals surface area contributed by atoms with E-state index < -0.39 is 22.5 Å². The van der Waals surface area contributed by atoms with E-state index in [1.165, 1.54) is 19.2 Å². The summed E-state index contributed by atoms with van der Waals surface area (Å²) in [5.41, 5.74) is 0.790. The Morgan fingerprint density at radius 3 is 2.52 bits per heavy atom. The Morgan fingerprint density at radius 2 is 1.86 bits per heavy atom. The first-order chi connectivity index (χ1) is 13.7. The molecule has 0 saturated carbocycles. The Labute approximate surface area is 174 Å². The lowest BCUT2D eigenvalue weighted by molar-refractivity contribution is -0.114. The maximum Gasteiger partial charge on any atom is 0.253 e. The Hall–Kier alpha value is -2.62. The van der Waals surface area contributed by atoms with Crippen molar-refractivity contribution in [3.05, 3.63) is 59.1 Å². The normalized spacial score (nSPS) is 11.0. The largest absolute Gasteiger partial charge is 0.383 e. The molecule has 0 saturated heterocycles. The molecule has 10 heteroatoms. The summed E-state index contributed by atoms with van der Waals surface area (Å²) in [6.07, 6.45) is 0.998. The molecule has 0 bridgehead atoms. The second-order valence-corrected chi connectivity index (χ2v) is 8.44. The van der Waals surface area contributed by atoms with Gasteiger partial charge < -0.3 is 15.4 Å². The maximum absolute atomic E-state index is 12.6. The predicted molar refractivity (Wildman–Crippen MR) is 113 cm³/mol. The van der Waals surface area contributed by atoms with Crippen LogP contribution in [0.15, 0.2) is 48.5 Å². The number of benzene rings is 2. The van der Waals surface area contributed by atoms with Crippen LogP contribution in [0.5, 0.6) is 0 Å². The van der Waals surface area contributed by atoms with Gasteiger partial charge in [0, 0.05) is 18.7 Å². The highest BCUT2D eigenvalue weighted by Crippen LogP contribution is 2.22. The SMILES string of the molecule is COCCNC(=O)c1ccccc1NC(=O)CN(c1cccc(Cl)c1)S(C)(=O)=O. The van der Waals surface area contributed by atoms with Crippen molar-refractivity contribution in [1.29, 1.82) is 0 Å². The quantitative estimate of drug-likeness (QED) is 0.582. The molecule has 0 aliphatic carbocycles. The maximum atomic E-state index is 12.6. The van der Waals surface area contributed by atoms with Crippen LogP contribution in [0.25, 0.3) is 0 Å². The molecule has 0 heterocycles. The summed E-state index contributed by atoms with van der Waals surface area (Å²) in [7, 11) is -2.22. The zero-order valence-corrected chi connectivity index (χ0v) is 17.6. The van der Waals surface area contributed by atoms with Gasteiger partial charge in [-0.2, -0.15) is 0 Å². The number of methoxy groups -OCH3 is 1. The molecule has 0 aliphatic heterocycles. The highest BCUT2D eigenvalue weighted by molar-refractivity contribution is 7.92. The molecule has 0 atom stereocenters. The average molecular weight is 440 g/mol. The minimum absolute atomic E-state index is 0.255. The van der Waals surface area contributed by atoms with Crippen molar-refractivity contribution in [3.63, 3.8) is 0 Å². The zero-order chi connectivity index (χ0) is 21.4. The first kappa shape index (κ1) is 22.7. The third-order valence-electron chi connectivity index (χ3n) is 3.82. The summed E-state index contributed by atoms with van der Waals surface area (Å²) in [4.78, 5) is 24.9. The number of halogens is 1. The summed E-state index contributed by atoms with van der Waals surface area (Å²) in [6, 6.07) is 12.6. The van der Waals surface area contributed by atoms with Gasteiger partial charge in [-0.15, -0.1) is 0 Å². The van der Waals surface area contributed by atoms with Crippen molar-refractivity contribution in [2.45, 2.75) is 0 Å². The molecule has 2 aromatic carbocycles. The third-order valence-corrected chi connectivity index (χ3v) is 5.20. The molecule has 2 amide bonds. The van der Waals surface area contributed by atoms with Crippen LogP contribution in [0.3, 0.4) is 0 Å². The van der Waals surface area contributed by atoms with Gasteiger partial charge in [-0.05, 0) is 30.3 Å². The van der Waals surface area contributed by atoms with Gasteiger partial charge in [0.25, 0.3) is 5.91 Å². The van der Waals surface area contributed by atoms with Crippen molar-refractivity contribution in [3.8, 4) is 0 Å². The van der Waals surface area contributed by atoms with E-state index in [2.05, 4.69) is 10.6 Å². The second kappa shape index (κ2) is 10.2. The van der Waals surface area contributed by atoms with E-state index in [0.29, 0.717) is 18.2 Å². The van der Waals surface area contributed by atoms with Crippen LogP contribution in [0.2, 0.25) is 5.02 Å². The number of amides is 2. The van der Waals surface area contributed by atoms with Crippen molar-refractivity contribution in [1.82, 2.24) is 5.32 Å². The van der Waals surface area contributed by atoms with Crippen molar-refractivity contribution in [2.75, 3.05) is 42.7 Å².